The topological polar surface area (TPSA) is 89.0 Å². The Hall–Kier alpha value is -3.84. The minimum atomic E-state index is -0.925. The summed E-state index contributed by atoms with van der Waals surface area (Å²) in [6.07, 6.45) is 1.39. The van der Waals surface area contributed by atoms with Gasteiger partial charge in [0, 0.05) is 0 Å². The number of halogens is 1. The van der Waals surface area contributed by atoms with Crippen molar-refractivity contribution in [1.82, 2.24) is 5.43 Å². The van der Waals surface area contributed by atoms with Gasteiger partial charge in [0.25, 0.3) is 0 Å². The first-order chi connectivity index (χ1) is 15.1. The van der Waals surface area contributed by atoms with Crippen LogP contribution in [0.3, 0.4) is 0 Å². The van der Waals surface area contributed by atoms with E-state index in [-0.39, 0.29) is 0 Å². The second kappa shape index (κ2) is 10.8. The number of carbonyl (C=O) groups excluding carboxylic acids is 2. The van der Waals surface area contributed by atoms with Gasteiger partial charge in [-0.3, -0.25) is 9.59 Å². The lowest BCUT2D eigenvalue weighted by molar-refractivity contribution is -0.136. The number of anilines is 1. The molecule has 0 aliphatic rings. The van der Waals surface area contributed by atoms with E-state index in [1.165, 1.54) is 13.3 Å². The van der Waals surface area contributed by atoms with E-state index < -0.39 is 11.8 Å². The van der Waals surface area contributed by atoms with E-state index in [1.54, 1.807) is 42.5 Å². The van der Waals surface area contributed by atoms with E-state index in [0.29, 0.717) is 34.4 Å². The lowest BCUT2D eigenvalue weighted by atomic mass is 10.2. The van der Waals surface area contributed by atoms with Crippen LogP contribution >= 0.6 is 11.6 Å². The van der Waals surface area contributed by atoms with Gasteiger partial charge in [0.2, 0.25) is 0 Å². The monoisotopic (exact) mass is 437 g/mol. The molecule has 158 valence electrons. The smallest absolute Gasteiger partial charge is 0.329 e. The molecule has 0 atom stereocenters. The fourth-order valence-electron chi connectivity index (χ4n) is 2.58. The molecule has 0 radical (unpaired) electrons. The molecule has 31 heavy (non-hydrogen) atoms. The van der Waals surface area contributed by atoms with Crippen LogP contribution in [-0.4, -0.2) is 25.1 Å². The Morgan fingerprint density at radius 2 is 1.71 bits per heavy atom. The predicted molar refractivity (Wildman–Crippen MR) is 120 cm³/mol. The van der Waals surface area contributed by atoms with Crippen LogP contribution in [-0.2, 0) is 16.2 Å². The van der Waals surface area contributed by atoms with Crippen molar-refractivity contribution in [3.63, 3.8) is 0 Å². The molecule has 3 rings (SSSR count). The molecule has 7 nitrogen and oxygen atoms in total. The SMILES string of the molecule is COc1cc(/C=N\NC(=O)C(=O)Nc2ccccc2Cl)ccc1OCc1ccccc1. The molecule has 0 aromatic heterocycles. The van der Waals surface area contributed by atoms with Crippen molar-refractivity contribution < 1.29 is 19.1 Å². The van der Waals surface area contributed by atoms with Gasteiger partial charge < -0.3 is 14.8 Å². The van der Waals surface area contributed by atoms with Crippen LogP contribution in [0.25, 0.3) is 0 Å². The maximum Gasteiger partial charge on any atom is 0.329 e. The zero-order valence-corrected chi connectivity index (χ0v) is 17.4. The number of nitrogens with one attached hydrogen (secondary N) is 2. The first-order valence-electron chi connectivity index (χ1n) is 9.30. The quantitative estimate of drug-likeness (QED) is 0.332. The second-order valence-corrected chi connectivity index (χ2v) is 6.72. The molecule has 0 unspecified atom stereocenters. The van der Waals surface area contributed by atoms with E-state index in [0.717, 1.165) is 5.56 Å². The van der Waals surface area contributed by atoms with Gasteiger partial charge in [0.1, 0.15) is 6.61 Å². The summed E-state index contributed by atoms with van der Waals surface area (Å²) in [5.74, 6) is -0.715. The molecule has 0 spiro atoms. The minimum Gasteiger partial charge on any atom is -0.493 e. The summed E-state index contributed by atoms with van der Waals surface area (Å²) >= 11 is 5.96. The summed E-state index contributed by atoms with van der Waals surface area (Å²) in [7, 11) is 1.53. The van der Waals surface area contributed by atoms with Crippen molar-refractivity contribution >= 4 is 35.3 Å². The standard InChI is InChI=1S/C23H20ClN3O4/c1-30-21-13-17(11-12-20(21)31-15-16-7-3-2-4-8-16)14-25-27-23(29)22(28)26-19-10-6-5-9-18(19)24/h2-14H,15H2,1H3,(H,26,28)(H,27,29)/b25-14-. The Morgan fingerprint density at radius 1 is 0.968 bits per heavy atom. The summed E-state index contributed by atoms with van der Waals surface area (Å²) in [6, 6.07) is 21.6. The Morgan fingerprint density at radius 3 is 2.45 bits per heavy atom. The largest absolute Gasteiger partial charge is 0.493 e. The van der Waals surface area contributed by atoms with Gasteiger partial charge in [-0.1, -0.05) is 54.1 Å². The number of benzene rings is 3. The molecule has 2 N–H and O–H groups in total. The number of rotatable bonds is 7. The third-order valence-electron chi connectivity index (χ3n) is 4.13. The van der Waals surface area contributed by atoms with Crippen molar-refractivity contribution in [2.75, 3.05) is 12.4 Å². The predicted octanol–water partition coefficient (Wildman–Crippen LogP) is 4.02. The highest BCUT2D eigenvalue weighted by molar-refractivity contribution is 6.41. The van der Waals surface area contributed by atoms with E-state index in [1.807, 2.05) is 30.3 Å². The van der Waals surface area contributed by atoms with Crippen LogP contribution in [0.2, 0.25) is 5.02 Å². The number of ether oxygens (including phenoxy) is 2. The average Bonchev–Trinajstić information content (AvgIpc) is 2.80. The number of hydrogen-bond acceptors (Lipinski definition) is 5. The van der Waals surface area contributed by atoms with Crippen LogP contribution in [0.5, 0.6) is 11.5 Å². The third-order valence-corrected chi connectivity index (χ3v) is 4.46. The number of amides is 2. The van der Waals surface area contributed by atoms with Crippen molar-refractivity contribution in [3.8, 4) is 11.5 Å². The first kappa shape index (κ1) is 21.9. The van der Waals surface area contributed by atoms with E-state index >= 15 is 0 Å². The summed E-state index contributed by atoms with van der Waals surface area (Å²) in [5.41, 5.74) is 4.19. The molecule has 3 aromatic carbocycles. The number of carbonyl (C=O) groups is 2. The number of nitrogens with zero attached hydrogens (tertiary/aromatic N) is 1. The number of para-hydroxylation sites is 1. The molecular formula is C23H20ClN3O4. The Balaban J connectivity index is 1.57. The number of hydrogen-bond donors (Lipinski definition) is 2. The van der Waals surface area contributed by atoms with Crippen molar-refractivity contribution in [2.45, 2.75) is 6.61 Å². The first-order valence-corrected chi connectivity index (χ1v) is 9.68. The molecule has 3 aromatic rings. The van der Waals surface area contributed by atoms with Crippen molar-refractivity contribution in [3.05, 3.63) is 88.9 Å². The molecular weight excluding hydrogens is 418 g/mol. The molecule has 2 amide bonds. The highest BCUT2D eigenvalue weighted by Gasteiger charge is 2.14. The lowest BCUT2D eigenvalue weighted by Crippen LogP contribution is -2.32. The average molecular weight is 438 g/mol. The van der Waals surface area contributed by atoms with Gasteiger partial charge >= 0.3 is 11.8 Å². The lowest BCUT2D eigenvalue weighted by Gasteiger charge is -2.11. The Bertz CT molecular complexity index is 1090. The molecule has 0 aliphatic heterocycles. The van der Waals surface area contributed by atoms with Crippen LogP contribution in [0.15, 0.2) is 77.9 Å². The van der Waals surface area contributed by atoms with Gasteiger partial charge in [-0.05, 0) is 41.5 Å². The fraction of sp³-hybridized carbons (Fsp3) is 0.0870. The van der Waals surface area contributed by atoms with Crippen molar-refractivity contribution in [2.24, 2.45) is 5.10 Å². The van der Waals surface area contributed by atoms with E-state index in [4.69, 9.17) is 21.1 Å². The van der Waals surface area contributed by atoms with Crippen molar-refractivity contribution in [1.29, 1.82) is 0 Å². The van der Waals surface area contributed by atoms with Gasteiger partial charge in [0.05, 0.1) is 24.0 Å². The Kier molecular flexibility index (Phi) is 7.61. The molecule has 0 aliphatic carbocycles. The van der Waals surface area contributed by atoms with Crippen LogP contribution in [0.1, 0.15) is 11.1 Å². The second-order valence-electron chi connectivity index (χ2n) is 6.32. The van der Waals surface area contributed by atoms with E-state index in [2.05, 4.69) is 15.8 Å². The summed E-state index contributed by atoms with van der Waals surface area (Å²) in [5, 5.41) is 6.56. The summed E-state index contributed by atoms with van der Waals surface area (Å²) in [4.78, 5) is 23.9. The number of methoxy groups -OCH3 is 1. The zero-order valence-electron chi connectivity index (χ0n) is 16.7. The molecule has 0 saturated carbocycles. The van der Waals surface area contributed by atoms with Crippen LogP contribution in [0.4, 0.5) is 5.69 Å². The number of hydrazone groups is 1. The highest BCUT2D eigenvalue weighted by atomic mass is 35.5. The highest BCUT2D eigenvalue weighted by Crippen LogP contribution is 2.28. The maximum atomic E-state index is 11.9. The molecule has 0 fully saturated rings. The normalized spacial score (nSPS) is 10.5. The maximum absolute atomic E-state index is 11.9. The summed E-state index contributed by atoms with van der Waals surface area (Å²) in [6.45, 7) is 0.404. The minimum absolute atomic E-state index is 0.328. The molecule has 8 heteroatoms. The fourth-order valence-corrected chi connectivity index (χ4v) is 2.76. The summed E-state index contributed by atoms with van der Waals surface area (Å²) < 4.78 is 11.2. The van der Waals surface area contributed by atoms with Gasteiger partial charge in [-0.15, -0.1) is 0 Å². The zero-order chi connectivity index (χ0) is 22.1. The van der Waals surface area contributed by atoms with Gasteiger partial charge in [-0.2, -0.15) is 5.10 Å². The molecule has 0 saturated heterocycles. The van der Waals surface area contributed by atoms with E-state index in [9.17, 15) is 9.59 Å². The van der Waals surface area contributed by atoms with Gasteiger partial charge in [0.15, 0.2) is 11.5 Å². The molecule has 0 heterocycles. The van der Waals surface area contributed by atoms with Crippen LogP contribution < -0.4 is 20.2 Å². The molecule has 0 bridgehead atoms. The third kappa shape index (κ3) is 6.32. The van der Waals surface area contributed by atoms with Crippen LogP contribution in [0, 0.1) is 0 Å². The Labute approximate surface area is 184 Å². The van der Waals surface area contributed by atoms with Gasteiger partial charge in [-0.25, -0.2) is 5.43 Å².